The van der Waals surface area contributed by atoms with Gasteiger partial charge in [-0.05, 0) is 17.1 Å². The summed E-state index contributed by atoms with van der Waals surface area (Å²) in [6.45, 7) is 0.356. The molecule has 0 bridgehead atoms. The van der Waals surface area contributed by atoms with E-state index in [1.54, 1.807) is 14.1 Å². The van der Waals surface area contributed by atoms with E-state index in [0.717, 1.165) is 17.1 Å². The van der Waals surface area contributed by atoms with E-state index in [1.165, 1.54) is 4.90 Å². The molecule has 0 atom stereocenters. The predicted molar refractivity (Wildman–Crippen MR) is 89.0 cm³/mol. The Morgan fingerprint density at radius 1 is 1.30 bits per heavy atom. The predicted octanol–water partition coefficient (Wildman–Crippen LogP) is 1.96. The number of ether oxygens (including phenoxy) is 1. The Morgan fingerprint density at radius 2 is 2.00 bits per heavy atom. The van der Waals surface area contributed by atoms with Crippen LogP contribution in [0, 0.1) is 0 Å². The van der Waals surface area contributed by atoms with Gasteiger partial charge < -0.3 is 15.4 Å². The number of hydrogen-bond donors (Lipinski definition) is 2. The van der Waals surface area contributed by atoms with Crippen molar-refractivity contribution in [2.75, 3.05) is 26.0 Å². The molecule has 0 saturated heterocycles. The molecule has 0 saturated carbocycles. The minimum Gasteiger partial charge on any atom is -0.476 e. The highest BCUT2D eigenvalue weighted by atomic mass is 32.1. The zero-order valence-electron chi connectivity index (χ0n) is 12.9. The van der Waals surface area contributed by atoms with E-state index in [1.807, 2.05) is 30.3 Å². The van der Waals surface area contributed by atoms with E-state index in [2.05, 4.69) is 9.69 Å². The number of rotatable bonds is 6. The molecule has 0 aliphatic rings. The number of carbonyl (C=O) groups excluding carboxylic acids is 2. The lowest BCUT2D eigenvalue weighted by atomic mass is 10.2. The number of aromatic nitrogens is 1. The van der Waals surface area contributed by atoms with Crippen LogP contribution in [0.2, 0.25) is 0 Å². The van der Waals surface area contributed by atoms with Crippen LogP contribution in [0.15, 0.2) is 30.3 Å². The van der Waals surface area contributed by atoms with Crippen LogP contribution in [0.25, 0.3) is 0 Å². The normalized spacial score (nSPS) is 10.2. The fourth-order valence-electron chi connectivity index (χ4n) is 1.80. The summed E-state index contributed by atoms with van der Waals surface area (Å²) in [6.07, 6.45) is 0.677. The monoisotopic (exact) mass is 334 g/mol. The number of carbonyl (C=O) groups is 2. The fourth-order valence-corrected chi connectivity index (χ4v) is 2.53. The van der Waals surface area contributed by atoms with Gasteiger partial charge in [0.15, 0.2) is 0 Å². The number of benzene rings is 1. The van der Waals surface area contributed by atoms with Crippen LogP contribution in [0.1, 0.15) is 15.9 Å². The molecule has 1 aromatic carbocycles. The van der Waals surface area contributed by atoms with E-state index in [0.29, 0.717) is 13.0 Å². The summed E-state index contributed by atoms with van der Waals surface area (Å²) in [7, 11) is 3.19. The van der Waals surface area contributed by atoms with Crippen molar-refractivity contribution in [1.82, 2.24) is 9.27 Å². The number of hydrogen-bond acceptors (Lipinski definition) is 5. The van der Waals surface area contributed by atoms with E-state index in [4.69, 9.17) is 10.5 Å². The minimum absolute atomic E-state index is 0.0956. The zero-order valence-corrected chi connectivity index (χ0v) is 13.7. The maximum absolute atomic E-state index is 11.7. The maximum atomic E-state index is 11.7. The molecule has 0 aliphatic heterocycles. The molecule has 0 fully saturated rings. The number of primary amides is 1. The van der Waals surface area contributed by atoms with Gasteiger partial charge in [-0.25, -0.2) is 4.79 Å². The first-order valence-corrected chi connectivity index (χ1v) is 7.71. The number of nitrogens with one attached hydrogen (secondary N) is 1. The summed E-state index contributed by atoms with van der Waals surface area (Å²) in [5.74, 6) is -0.546. The topological polar surface area (TPSA) is 97.6 Å². The molecule has 2 aromatic rings. The van der Waals surface area contributed by atoms with Gasteiger partial charge in [0.1, 0.15) is 10.6 Å². The minimum atomic E-state index is -0.692. The van der Waals surface area contributed by atoms with Crippen LogP contribution in [-0.2, 0) is 6.42 Å². The summed E-state index contributed by atoms with van der Waals surface area (Å²) in [5, 5.41) is 2.87. The van der Waals surface area contributed by atoms with Gasteiger partial charge in [-0.15, -0.1) is 0 Å². The van der Waals surface area contributed by atoms with E-state index < -0.39 is 5.91 Å². The molecule has 0 unspecified atom stereocenters. The van der Waals surface area contributed by atoms with Gasteiger partial charge in [0.25, 0.3) is 5.91 Å². The van der Waals surface area contributed by atoms with Gasteiger partial charge in [0.05, 0.1) is 6.61 Å². The van der Waals surface area contributed by atoms with Crippen LogP contribution >= 0.6 is 11.5 Å². The quantitative estimate of drug-likeness (QED) is 0.844. The summed E-state index contributed by atoms with van der Waals surface area (Å²) in [4.78, 5) is 24.7. The molecule has 8 heteroatoms. The lowest BCUT2D eigenvalue weighted by Gasteiger charge is -2.11. The molecule has 0 aliphatic carbocycles. The van der Waals surface area contributed by atoms with Crippen molar-refractivity contribution in [2.45, 2.75) is 6.42 Å². The number of nitrogens with zero attached hydrogens (tertiary/aromatic N) is 2. The first kappa shape index (κ1) is 16.8. The second-order valence-corrected chi connectivity index (χ2v) is 5.74. The van der Waals surface area contributed by atoms with Crippen molar-refractivity contribution < 1.29 is 14.3 Å². The molecule has 0 spiro atoms. The molecule has 3 amide bonds. The lowest BCUT2D eigenvalue weighted by Crippen LogP contribution is -2.28. The van der Waals surface area contributed by atoms with E-state index in [-0.39, 0.29) is 22.5 Å². The first-order valence-electron chi connectivity index (χ1n) is 6.93. The third kappa shape index (κ3) is 4.43. The fraction of sp³-hybridized carbons (Fsp3) is 0.267. The SMILES string of the molecule is CN(C)C(=O)Nc1snc(OCCc2ccccc2)c1C(N)=O. The van der Waals surface area contributed by atoms with Crippen molar-refractivity contribution in [1.29, 1.82) is 0 Å². The Balaban J connectivity index is 2.05. The average Bonchev–Trinajstić information content (AvgIpc) is 2.91. The molecule has 2 rings (SSSR count). The van der Waals surface area contributed by atoms with Crippen LogP contribution in [0.3, 0.4) is 0 Å². The molecule has 3 N–H and O–H groups in total. The molecule has 1 aromatic heterocycles. The Bertz CT molecular complexity index is 685. The molecule has 122 valence electrons. The molecular formula is C15H18N4O3S. The molecule has 0 radical (unpaired) electrons. The zero-order chi connectivity index (χ0) is 16.8. The third-order valence-corrected chi connectivity index (χ3v) is 3.75. The Morgan fingerprint density at radius 3 is 2.61 bits per heavy atom. The maximum Gasteiger partial charge on any atom is 0.321 e. The van der Waals surface area contributed by atoms with Crippen LogP contribution in [0.5, 0.6) is 5.88 Å². The second-order valence-electron chi connectivity index (χ2n) is 4.96. The van der Waals surface area contributed by atoms with Crippen molar-refractivity contribution in [3.8, 4) is 5.88 Å². The van der Waals surface area contributed by atoms with Gasteiger partial charge in [-0.2, -0.15) is 4.37 Å². The van der Waals surface area contributed by atoms with Crippen LogP contribution < -0.4 is 15.8 Å². The van der Waals surface area contributed by atoms with Crippen molar-refractivity contribution >= 4 is 28.5 Å². The van der Waals surface area contributed by atoms with Crippen molar-refractivity contribution in [2.24, 2.45) is 5.73 Å². The Labute approximate surface area is 138 Å². The van der Waals surface area contributed by atoms with Crippen molar-refractivity contribution in [3.63, 3.8) is 0 Å². The van der Waals surface area contributed by atoms with Gasteiger partial charge in [-0.3, -0.25) is 10.1 Å². The summed E-state index contributed by atoms with van der Waals surface area (Å²) in [5.41, 5.74) is 6.59. The van der Waals surface area contributed by atoms with Crippen LogP contribution in [-0.4, -0.2) is 41.9 Å². The van der Waals surface area contributed by atoms with E-state index >= 15 is 0 Å². The Kier molecular flexibility index (Phi) is 5.53. The number of nitrogens with two attached hydrogens (primary N) is 1. The van der Waals surface area contributed by atoms with Crippen LogP contribution in [0.4, 0.5) is 9.80 Å². The molecule has 7 nitrogen and oxygen atoms in total. The Hall–Kier alpha value is -2.61. The number of urea groups is 1. The summed E-state index contributed by atoms with van der Waals surface area (Å²) >= 11 is 0.962. The standard InChI is InChI=1S/C15H18N4O3S/c1-19(2)15(21)17-14-11(12(16)20)13(18-23-14)22-9-8-10-6-4-3-5-7-10/h3-7H,8-9H2,1-2H3,(H2,16,20)(H,17,21). The summed E-state index contributed by atoms with van der Waals surface area (Å²) in [6, 6.07) is 9.44. The molecule has 1 heterocycles. The van der Waals surface area contributed by atoms with Gasteiger partial charge in [0, 0.05) is 20.5 Å². The highest BCUT2D eigenvalue weighted by Gasteiger charge is 2.22. The average molecular weight is 334 g/mol. The second kappa shape index (κ2) is 7.59. The first-order chi connectivity index (χ1) is 11.0. The highest BCUT2D eigenvalue weighted by Crippen LogP contribution is 2.30. The van der Waals surface area contributed by atoms with Crippen molar-refractivity contribution in [3.05, 3.63) is 41.5 Å². The summed E-state index contributed by atoms with van der Waals surface area (Å²) < 4.78 is 9.63. The van der Waals surface area contributed by atoms with Gasteiger partial charge in [-0.1, -0.05) is 30.3 Å². The highest BCUT2D eigenvalue weighted by molar-refractivity contribution is 7.11. The third-order valence-electron chi connectivity index (χ3n) is 3.01. The smallest absolute Gasteiger partial charge is 0.321 e. The molecule has 23 heavy (non-hydrogen) atoms. The van der Waals surface area contributed by atoms with Gasteiger partial charge >= 0.3 is 6.03 Å². The largest absolute Gasteiger partial charge is 0.476 e. The lowest BCUT2D eigenvalue weighted by molar-refractivity contribution is 0.0997. The number of amides is 3. The van der Waals surface area contributed by atoms with E-state index in [9.17, 15) is 9.59 Å². The molecular weight excluding hydrogens is 316 g/mol. The van der Waals surface area contributed by atoms with Gasteiger partial charge in [0.2, 0.25) is 5.88 Å². The number of anilines is 1.